The van der Waals surface area contributed by atoms with Crippen molar-refractivity contribution in [2.75, 3.05) is 13.1 Å². The molecule has 1 aromatic carbocycles. The second-order valence-corrected chi connectivity index (χ2v) is 9.80. The van der Waals surface area contributed by atoms with Crippen LogP contribution in [0.15, 0.2) is 28.3 Å². The fourth-order valence-electron chi connectivity index (χ4n) is 3.56. The lowest BCUT2D eigenvalue weighted by Crippen LogP contribution is -2.30. The molecule has 0 bridgehead atoms. The maximum absolute atomic E-state index is 12.8. The van der Waals surface area contributed by atoms with E-state index in [0.717, 1.165) is 36.5 Å². The highest BCUT2D eigenvalue weighted by Gasteiger charge is 2.27. The number of Topliss-reactive ketones (excluding diaryl/α,β-unsaturated/α-hetero) is 1. The number of hydrogen-bond donors (Lipinski definition) is 0. The molecule has 1 saturated carbocycles. The average molecular weight is 410 g/mol. The molecule has 0 radical (unpaired) electrons. The van der Waals surface area contributed by atoms with Crippen molar-refractivity contribution in [3.8, 4) is 0 Å². The van der Waals surface area contributed by atoms with Gasteiger partial charge in [-0.1, -0.05) is 32.0 Å². The molecule has 1 heterocycles. The zero-order chi connectivity index (χ0) is 19.6. The van der Waals surface area contributed by atoms with Gasteiger partial charge >= 0.3 is 0 Å². The largest absolute Gasteiger partial charge is 0.319 e. The smallest absolute Gasteiger partial charge is 0.243 e. The van der Waals surface area contributed by atoms with Crippen LogP contribution >= 0.6 is 11.8 Å². The lowest BCUT2D eigenvalue weighted by Gasteiger charge is -2.19. The average Bonchev–Trinajstić information content (AvgIpc) is 3.00. The predicted molar refractivity (Wildman–Crippen MR) is 109 cm³/mol. The van der Waals surface area contributed by atoms with E-state index in [1.54, 1.807) is 12.1 Å². The molecule has 1 aliphatic carbocycles. The summed E-state index contributed by atoms with van der Waals surface area (Å²) in [6, 6.07) is 5.14. The van der Waals surface area contributed by atoms with Crippen LogP contribution in [0.2, 0.25) is 0 Å². The minimum Gasteiger partial charge on any atom is -0.319 e. The summed E-state index contributed by atoms with van der Waals surface area (Å²) in [5.41, 5.74) is 1.57. The molecule has 1 fully saturated rings. The van der Waals surface area contributed by atoms with Gasteiger partial charge in [-0.3, -0.25) is 4.79 Å². The maximum Gasteiger partial charge on any atom is 0.243 e. The SMILES string of the molecule is CCN(CC)S(=O)(=O)c1ccc2c(c1)nc(SC1CCCCC1=O)n2CC. The van der Waals surface area contributed by atoms with Crippen LogP contribution in [0.3, 0.4) is 0 Å². The summed E-state index contributed by atoms with van der Waals surface area (Å²) in [5, 5.41) is 0.755. The number of fused-ring (bicyclic) bond motifs is 1. The van der Waals surface area contributed by atoms with Crippen LogP contribution < -0.4 is 0 Å². The van der Waals surface area contributed by atoms with Gasteiger partial charge in [0.2, 0.25) is 10.0 Å². The third kappa shape index (κ3) is 3.93. The van der Waals surface area contributed by atoms with Gasteiger partial charge in [0.15, 0.2) is 5.16 Å². The number of imidazole rings is 1. The van der Waals surface area contributed by atoms with Crippen molar-refractivity contribution in [1.29, 1.82) is 0 Å². The molecule has 1 aromatic heterocycles. The highest BCUT2D eigenvalue weighted by Crippen LogP contribution is 2.34. The first kappa shape index (κ1) is 20.4. The zero-order valence-corrected chi connectivity index (χ0v) is 17.8. The number of carbonyl (C=O) groups excluding carboxylic acids is 1. The number of hydrogen-bond acceptors (Lipinski definition) is 5. The van der Waals surface area contributed by atoms with E-state index in [1.807, 2.05) is 26.8 Å². The Bertz CT molecular complexity index is 933. The number of aromatic nitrogens is 2. The van der Waals surface area contributed by atoms with Crippen LogP contribution in [0, 0.1) is 0 Å². The maximum atomic E-state index is 12.8. The zero-order valence-electron chi connectivity index (χ0n) is 16.1. The Morgan fingerprint density at radius 3 is 2.59 bits per heavy atom. The van der Waals surface area contributed by atoms with Crippen LogP contribution in [0.5, 0.6) is 0 Å². The van der Waals surface area contributed by atoms with Crippen molar-refractivity contribution in [2.45, 2.75) is 68.3 Å². The summed E-state index contributed by atoms with van der Waals surface area (Å²) in [4.78, 5) is 17.2. The summed E-state index contributed by atoms with van der Waals surface area (Å²) < 4.78 is 29.1. The molecule has 0 saturated heterocycles. The number of rotatable bonds is 7. The molecular formula is C19H27N3O3S2. The minimum absolute atomic E-state index is 0.0419. The van der Waals surface area contributed by atoms with Crippen molar-refractivity contribution < 1.29 is 13.2 Å². The van der Waals surface area contributed by atoms with E-state index < -0.39 is 10.0 Å². The standard InChI is InChI=1S/C19H27N3O3S2/c1-4-21(5-2)27(24,25)14-11-12-16-15(13-14)20-19(22(16)6-3)26-18-10-8-7-9-17(18)23/h11-13,18H,4-10H2,1-3H3. The Kier molecular flexibility index (Phi) is 6.28. The van der Waals surface area contributed by atoms with Crippen LogP contribution in [0.4, 0.5) is 0 Å². The van der Waals surface area contributed by atoms with Crippen LogP contribution in [-0.4, -0.2) is 46.4 Å². The molecule has 27 heavy (non-hydrogen) atoms. The van der Waals surface area contributed by atoms with Gasteiger partial charge < -0.3 is 4.57 Å². The molecule has 1 unspecified atom stereocenters. The number of benzene rings is 1. The Balaban J connectivity index is 1.99. The fourth-order valence-corrected chi connectivity index (χ4v) is 6.33. The Labute approximate surface area is 165 Å². The van der Waals surface area contributed by atoms with E-state index >= 15 is 0 Å². The van der Waals surface area contributed by atoms with Gasteiger partial charge in [-0.15, -0.1) is 0 Å². The van der Waals surface area contributed by atoms with Crippen molar-refractivity contribution >= 4 is 38.6 Å². The van der Waals surface area contributed by atoms with Gasteiger partial charge in [-0.25, -0.2) is 13.4 Å². The topological polar surface area (TPSA) is 72.3 Å². The number of thioether (sulfide) groups is 1. The number of nitrogens with zero attached hydrogens (tertiary/aromatic N) is 3. The van der Waals surface area contributed by atoms with Crippen molar-refractivity contribution in [2.24, 2.45) is 0 Å². The minimum atomic E-state index is -3.52. The van der Waals surface area contributed by atoms with Crippen molar-refractivity contribution in [3.63, 3.8) is 0 Å². The Hall–Kier alpha value is -1.38. The summed E-state index contributed by atoms with van der Waals surface area (Å²) >= 11 is 1.52. The molecule has 0 spiro atoms. The van der Waals surface area contributed by atoms with Gasteiger partial charge in [-0.05, 0) is 38.0 Å². The Morgan fingerprint density at radius 2 is 1.96 bits per heavy atom. The molecule has 148 valence electrons. The lowest BCUT2D eigenvalue weighted by atomic mass is 9.99. The highest BCUT2D eigenvalue weighted by atomic mass is 32.2. The van der Waals surface area contributed by atoms with Crippen LogP contribution in [-0.2, 0) is 21.4 Å². The second-order valence-electron chi connectivity index (χ2n) is 6.70. The van der Waals surface area contributed by atoms with Crippen molar-refractivity contribution in [3.05, 3.63) is 18.2 Å². The first-order valence-corrected chi connectivity index (χ1v) is 11.9. The normalized spacial score (nSPS) is 18.5. The third-order valence-corrected chi connectivity index (χ3v) is 8.44. The molecule has 3 rings (SSSR count). The molecule has 8 heteroatoms. The van der Waals surface area contributed by atoms with Gasteiger partial charge in [0.1, 0.15) is 5.78 Å². The molecule has 6 nitrogen and oxygen atoms in total. The first-order chi connectivity index (χ1) is 12.9. The molecule has 0 N–H and O–H groups in total. The predicted octanol–water partition coefficient (Wildman–Crippen LogP) is 3.69. The summed E-state index contributed by atoms with van der Waals surface area (Å²) in [6.45, 7) is 7.30. The summed E-state index contributed by atoms with van der Waals surface area (Å²) in [6.07, 6.45) is 3.59. The van der Waals surface area contributed by atoms with E-state index in [0.29, 0.717) is 30.8 Å². The molecule has 0 aliphatic heterocycles. The first-order valence-electron chi connectivity index (χ1n) is 9.62. The quantitative estimate of drug-likeness (QED) is 0.697. The number of sulfonamides is 1. The monoisotopic (exact) mass is 409 g/mol. The van der Waals surface area contributed by atoms with Gasteiger partial charge in [0.25, 0.3) is 0 Å². The number of ketones is 1. The molecular weight excluding hydrogens is 382 g/mol. The van der Waals surface area contributed by atoms with E-state index in [9.17, 15) is 13.2 Å². The summed E-state index contributed by atoms with van der Waals surface area (Å²) in [7, 11) is -3.52. The van der Waals surface area contributed by atoms with E-state index in [4.69, 9.17) is 0 Å². The van der Waals surface area contributed by atoms with E-state index in [2.05, 4.69) is 9.55 Å². The third-order valence-electron chi connectivity index (χ3n) is 5.09. The molecule has 1 aliphatic rings. The highest BCUT2D eigenvalue weighted by molar-refractivity contribution is 8.00. The van der Waals surface area contributed by atoms with Crippen LogP contribution in [0.25, 0.3) is 11.0 Å². The molecule has 2 aromatic rings. The van der Waals surface area contributed by atoms with Crippen LogP contribution in [0.1, 0.15) is 46.5 Å². The molecule has 0 amide bonds. The van der Waals surface area contributed by atoms with Gasteiger partial charge in [0.05, 0.1) is 21.2 Å². The van der Waals surface area contributed by atoms with E-state index in [1.165, 1.54) is 16.1 Å². The summed E-state index contributed by atoms with van der Waals surface area (Å²) in [5.74, 6) is 0.297. The number of carbonyl (C=O) groups is 1. The molecule has 1 atom stereocenters. The van der Waals surface area contributed by atoms with E-state index in [-0.39, 0.29) is 10.1 Å². The van der Waals surface area contributed by atoms with Crippen molar-refractivity contribution in [1.82, 2.24) is 13.9 Å². The fraction of sp³-hybridized carbons (Fsp3) is 0.579. The van der Waals surface area contributed by atoms with Gasteiger partial charge in [0, 0.05) is 26.1 Å². The Morgan fingerprint density at radius 1 is 1.22 bits per heavy atom. The lowest BCUT2D eigenvalue weighted by molar-refractivity contribution is -0.119. The second kappa shape index (κ2) is 8.32. The van der Waals surface area contributed by atoms with Gasteiger partial charge in [-0.2, -0.15) is 4.31 Å². The number of aryl methyl sites for hydroxylation is 1.